The molecule has 2 aromatic carbocycles. The van der Waals surface area contributed by atoms with Crippen LogP contribution in [0.15, 0.2) is 53.6 Å². The van der Waals surface area contributed by atoms with Crippen LogP contribution in [-0.4, -0.2) is 22.6 Å². The number of anilines is 1. The third kappa shape index (κ3) is 5.17. The molecule has 0 saturated heterocycles. The van der Waals surface area contributed by atoms with Crippen molar-refractivity contribution in [3.05, 3.63) is 59.7 Å². The van der Waals surface area contributed by atoms with Crippen LogP contribution in [-0.2, 0) is 4.79 Å². The summed E-state index contributed by atoms with van der Waals surface area (Å²) in [6.07, 6.45) is 0.0491. The molecular formula is C20H23N3O3. The van der Waals surface area contributed by atoms with E-state index in [-0.39, 0.29) is 23.6 Å². The lowest BCUT2D eigenvalue weighted by Gasteiger charge is -2.13. The standard InChI is InChI=1S/C20H23N3O3/c1-13(2)15-8-4-6-10-17(15)21-19(25)12-14(3)22-23-20(26)16-9-5-7-11-18(16)24/h4-11,13,24H,12H2,1-3H3,(H,21,25)(H,23,26)/b22-14-. The zero-order valence-corrected chi connectivity index (χ0v) is 15.1. The first-order valence-corrected chi connectivity index (χ1v) is 8.38. The molecule has 0 saturated carbocycles. The molecule has 2 rings (SSSR count). The Hall–Kier alpha value is -3.15. The van der Waals surface area contributed by atoms with Crippen LogP contribution >= 0.6 is 0 Å². The lowest BCUT2D eigenvalue weighted by molar-refractivity contribution is -0.115. The summed E-state index contributed by atoms with van der Waals surface area (Å²) in [5.41, 5.74) is 4.76. The maximum atomic E-state index is 12.2. The quantitative estimate of drug-likeness (QED) is 0.547. The Morgan fingerprint density at radius 2 is 1.73 bits per heavy atom. The van der Waals surface area contributed by atoms with E-state index in [0.29, 0.717) is 11.6 Å². The molecule has 0 radical (unpaired) electrons. The highest BCUT2D eigenvalue weighted by molar-refractivity contribution is 6.06. The van der Waals surface area contributed by atoms with Crippen molar-refractivity contribution in [3.8, 4) is 5.75 Å². The van der Waals surface area contributed by atoms with Crippen molar-refractivity contribution >= 4 is 23.2 Å². The van der Waals surface area contributed by atoms with Crippen molar-refractivity contribution in [1.29, 1.82) is 0 Å². The number of nitrogens with zero attached hydrogens (tertiary/aromatic N) is 1. The topological polar surface area (TPSA) is 90.8 Å². The smallest absolute Gasteiger partial charge is 0.275 e. The second-order valence-corrected chi connectivity index (χ2v) is 6.27. The van der Waals surface area contributed by atoms with Gasteiger partial charge in [0.25, 0.3) is 5.91 Å². The zero-order valence-electron chi connectivity index (χ0n) is 15.1. The summed E-state index contributed by atoms with van der Waals surface area (Å²) in [5, 5.41) is 16.5. The number of hydrazone groups is 1. The Morgan fingerprint density at radius 1 is 1.08 bits per heavy atom. The molecule has 3 N–H and O–H groups in total. The van der Waals surface area contributed by atoms with Crippen molar-refractivity contribution in [2.24, 2.45) is 5.10 Å². The number of phenols is 1. The first kappa shape index (κ1) is 19.2. The van der Waals surface area contributed by atoms with Crippen LogP contribution in [0.4, 0.5) is 5.69 Å². The molecule has 0 aliphatic rings. The van der Waals surface area contributed by atoms with E-state index in [2.05, 4.69) is 29.7 Å². The molecule has 0 aliphatic carbocycles. The lowest BCUT2D eigenvalue weighted by atomic mass is 10.0. The number of hydrogen-bond acceptors (Lipinski definition) is 4. The van der Waals surface area contributed by atoms with Crippen LogP contribution in [0.25, 0.3) is 0 Å². The number of phenolic OH excluding ortho intramolecular Hbond substituents is 1. The van der Waals surface area contributed by atoms with Crippen molar-refractivity contribution in [2.75, 3.05) is 5.32 Å². The number of hydrogen-bond donors (Lipinski definition) is 3. The summed E-state index contributed by atoms with van der Waals surface area (Å²) in [7, 11) is 0. The summed E-state index contributed by atoms with van der Waals surface area (Å²) in [6.45, 7) is 5.78. The zero-order chi connectivity index (χ0) is 19.1. The average Bonchev–Trinajstić information content (AvgIpc) is 2.60. The minimum atomic E-state index is -0.534. The lowest BCUT2D eigenvalue weighted by Crippen LogP contribution is -2.21. The van der Waals surface area contributed by atoms with E-state index in [0.717, 1.165) is 11.3 Å². The van der Waals surface area contributed by atoms with Gasteiger partial charge >= 0.3 is 0 Å². The van der Waals surface area contributed by atoms with Crippen LogP contribution in [0.2, 0.25) is 0 Å². The molecule has 0 heterocycles. The number of benzene rings is 2. The van der Waals surface area contributed by atoms with Gasteiger partial charge < -0.3 is 10.4 Å². The Balaban J connectivity index is 1.96. The average molecular weight is 353 g/mol. The first-order valence-electron chi connectivity index (χ1n) is 8.38. The van der Waals surface area contributed by atoms with Gasteiger partial charge in [0.05, 0.1) is 12.0 Å². The molecule has 136 valence electrons. The molecule has 0 atom stereocenters. The third-order valence-corrected chi connectivity index (χ3v) is 3.77. The molecule has 2 aromatic rings. The largest absolute Gasteiger partial charge is 0.507 e. The maximum absolute atomic E-state index is 12.2. The fraction of sp³-hybridized carbons (Fsp3) is 0.250. The van der Waals surface area contributed by atoms with Crippen molar-refractivity contribution in [1.82, 2.24) is 5.43 Å². The first-order chi connectivity index (χ1) is 12.4. The van der Waals surface area contributed by atoms with Gasteiger partial charge in [-0.25, -0.2) is 5.43 Å². The number of rotatable bonds is 6. The van der Waals surface area contributed by atoms with Crippen molar-refractivity contribution in [3.63, 3.8) is 0 Å². The van der Waals surface area contributed by atoms with Gasteiger partial charge in [-0.2, -0.15) is 5.10 Å². The van der Waals surface area contributed by atoms with E-state index in [1.54, 1.807) is 19.1 Å². The van der Waals surface area contributed by atoms with Gasteiger partial charge in [-0.15, -0.1) is 0 Å². The predicted octanol–water partition coefficient (Wildman–Crippen LogP) is 3.65. The van der Waals surface area contributed by atoms with E-state index in [1.807, 2.05) is 24.3 Å². The predicted molar refractivity (Wildman–Crippen MR) is 102 cm³/mol. The van der Waals surface area contributed by atoms with E-state index in [4.69, 9.17) is 0 Å². The van der Waals surface area contributed by atoms with Gasteiger partial charge in [0, 0.05) is 11.4 Å². The molecule has 0 fully saturated rings. The number of carbonyl (C=O) groups is 2. The molecule has 6 nitrogen and oxygen atoms in total. The van der Waals surface area contributed by atoms with E-state index in [9.17, 15) is 14.7 Å². The van der Waals surface area contributed by atoms with Crippen LogP contribution in [0.5, 0.6) is 5.75 Å². The van der Waals surface area contributed by atoms with Gasteiger partial charge in [0.2, 0.25) is 5.91 Å². The van der Waals surface area contributed by atoms with E-state index < -0.39 is 5.91 Å². The number of para-hydroxylation sites is 2. The summed E-state index contributed by atoms with van der Waals surface area (Å²) < 4.78 is 0. The molecule has 0 unspecified atom stereocenters. The highest BCUT2D eigenvalue weighted by atomic mass is 16.3. The number of amides is 2. The Labute approximate surface area is 152 Å². The second-order valence-electron chi connectivity index (χ2n) is 6.27. The Kier molecular flexibility index (Phi) is 6.49. The van der Waals surface area contributed by atoms with Gasteiger partial charge in [0.15, 0.2) is 0 Å². The molecule has 0 aromatic heterocycles. The minimum Gasteiger partial charge on any atom is -0.507 e. The van der Waals surface area contributed by atoms with Crippen LogP contribution in [0.3, 0.4) is 0 Å². The summed E-state index contributed by atoms with van der Waals surface area (Å²) in [4.78, 5) is 24.2. The second kappa shape index (κ2) is 8.80. The third-order valence-electron chi connectivity index (χ3n) is 3.77. The van der Waals surface area contributed by atoms with Gasteiger partial charge in [-0.1, -0.05) is 44.2 Å². The monoisotopic (exact) mass is 353 g/mol. The van der Waals surface area contributed by atoms with Crippen molar-refractivity contribution < 1.29 is 14.7 Å². The Morgan fingerprint density at radius 3 is 2.42 bits per heavy atom. The fourth-order valence-electron chi connectivity index (χ4n) is 2.45. The Bertz CT molecular complexity index is 829. The molecule has 0 bridgehead atoms. The summed E-state index contributed by atoms with van der Waals surface area (Å²) in [6, 6.07) is 13.8. The number of carbonyl (C=O) groups excluding carboxylic acids is 2. The van der Waals surface area contributed by atoms with Crippen LogP contribution in [0.1, 0.15) is 49.0 Å². The molecule has 6 heteroatoms. The fourth-order valence-corrected chi connectivity index (χ4v) is 2.45. The van der Waals surface area contributed by atoms with Crippen molar-refractivity contribution in [2.45, 2.75) is 33.1 Å². The molecule has 2 amide bonds. The minimum absolute atomic E-state index is 0.0491. The molecular weight excluding hydrogens is 330 g/mol. The summed E-state index contributed by atoms with van der Waals surface area (Å²) >= 11 is 0. The highest BCUT2D eigenvalue weighted by Crippen LogP contribution is 2.23. The van der Waals surface area contributed by atoms with Gasteiger partial charge in [-0.3, -0.25) is 9.59 Å². The number of aromatic hydroxyl groups is 1. The highest BCUT2D eigenvalue weighted by Gasteiger charge is 2.12. The molecule has 26 heavy (non-hydrogen) atoms. The van der Waals surface area contributed by atoms with E-state index >= 15 is 0 Å². The maximum Gasteiger partial charge on any atom is 0.275 e. The van der Waals surface area contributed by atoms with Crippen LogP contribution in [0, 0.1) is 0 Å². The number of nitrogens with one attached hydrogen (secondary N) is 2. The van der Waals surface area contributed by atoms with Crippen LogP contribution < -0.4 is 10.7 Å². The normalized spacial score (nSPS) is 11.3. The van der Waals surface area contributed by atoms with E-state index in [1.165, 1.54) is 12.1 Å². The van der Waals surface area contributed by atoms with Gasteiger partial charge in [0.1, 0.15) is 5.75 Å². The SMILES string of the molecule is C/C(CC(=O)Nc1ccccc1C(C)C)=N/NC(=O)c1ccccc1O. The molecule has 0 aliphatic heterocycles. The van der Waals surface area contributed by atoms with Gasteiger partial charge in [-0.05, 0) is 36.6 Å². The molecule has 0 spiro atoms. The summed E-state index contributed by atoms with van der Waals surface area (Å²) in [5.74, 6) is -0.579.